The van der Waals surface area contributed by atoms with Crippen LogP contribution in [0.2, 0.25) is 0 Å². The molecule has 0 aromatic carbocycles. The lowest BCUT2D eigenvalue weighted by Gasteiger charge is -2.36. The summed E-state index contributed by atoms with van der Waals surface area (Å²) in [6.45, 7) is 5.11. The van der Waals surface area contributed by atoms with Gasteiger partial charge in [-0.3, -0.25) is 4.79 Å². The number of carbonyl (C=O) groups excluding carboxylic acids is 1. The van der Waals surface area contributed by atoms with Crippen LogP contribution in [-0.2, 0) is 4.74 Å². The molecule has 0 bridgehead atoms. The van der Waals surface area contributed by atoms with Crippen LogP contribution in [0.4, 0.5) is 0 Å². The van der Waals surface area contributed by atoms with Gasteiger partial charge in [0.15, 0.2) is 5.69 Å². The normalized spacial score (nSPS) is 25.2. The van der Waals surface area contributed by atoms with E-state index in [9.17, 15) is 4.79 Å². The maximum absolute atomic E-state index is 12.9. The smallest absolute Gasteiger partial charge is 0.276 e. The number of nitrogens with one attached hydrogen (secondary N) is 1. The molecule has 4 heterocycles. The van der Waals surface area contributed by atoms with Crippen molar-refractivity contribution in [1.82, 2.24) is 25.2 Å². The van der Waals surface area contributed by atoms with Crippen LogP contribution in [0.25, 0.3) is 0 Å². The lowest BCUT2D eigenvalue weighted by atomic mass is 10.1. The minimum atomic E-state index is -0.0709. The molecule has 0 radical (unpaired) electrons. The fourth-order valence-corrected chi connectivity index (χ4v) is 4.25. The molecule has 0 aliphatic carbocycles. The summed E-state index contributed by atoms with van der Waals surface area (Å²) in [5.41, 5.74) is 1.56. The molecule has 2 aromatic rings. The molecular weight excluding hydrogens is 338 g/mol. The first-order chi connectivity index (χ1) is 12.2. The highest BCUT2D eigenvalue weighted by atomic mass is 32.1. The zero-order chi connectivity index (χ0) is 17.2. The molecule has 2 saturated heterocycles. The molecular formula is C17H23N5O2S. The van der Waals surface area contributed by atoms with E-state index in [1.165, 1.54) is 0 Å². The van der Waals surface area contributed by atoms with Gasteiger partial charge >= 0.3 is 0 Å². The molecule has 2 aromatic heterocycles. The summed E-state index contributed by atoms with van der Waals surface area (Å²) < 4.78 is 7.87. The van der Waals surface area contributed by atoms with E-state index in [0.717, 1.165) is 31.5 Å². The molecule has 25 heavy (non-hydrogen) atoms. The number of ether oxygens (including phenoxy) is 1. The second kappa shape index (κ2) is 7.23. The largest absolute Gasteiger partial charge is 0.367 e. The maximum atomic E-state index is 12.9. The van der Waals surface area contributed by atoms with E-state index in [1.54, 1.807) is 17.5 Å². The van der Waals surface area contributed by atoms with E-state index in [4.69, 9.17) is 4.74 Å². The molecule has 2 aliphatic rings. The van der Waals surface area contributed by atoms with Gasteiger partial charge in [-0.2, -0.15) is 11.3 Å². The predicted molar refractivity (Wildman–Crippen MR) is 94.7 cm³/mol. The summed E-state index contributed by atoms with van der Waals surface area (Å²) in [5.74, 6) is -0.0597. The average Bonchev–Trinajstić information content (AvgIpc) is 3.33. The molecule has 1 N–H and O–H groups in total. The molecule has 2 aliphatic heterocycles. The number of hydrogen-bond donors (Lipinski definition) is 1. The van der Waals surface area contributed by atoms with Crippen LogP contribution in [0.1, 0.15) is 48.0 Å². The molecule has 2 fully saturated rings. The highest BCUT2D eigenvalue weighted by Gasteiger charge is 2.31. The Morgan fingerprint density at radius 1 is 1.36 bits per heavy atom. The Hall–Kier alpha value is -1.77. The first-order valence-electron chi connectivity index (χ1n) is 8.80. The second-order valence-electron chi connectivity index (χ2n) is 6.77. The second-order valence-corrected chi connectivity index (χ2v) is 7.55. The van der Waals surface area contributed by atoms with Gasteiger partial charge < -0.3 is 15.0 Å². The van der Waals surface area contributed by atoms with Crippen LogP contribution in [0.5, 0.6) is 0 Å². The van der Waals surface area contributed by atoms with Crippen molar-refractivity contribution in [3.8, 4) is 0 Å². The van der Waals surface area contributed by atoms with E-state index in [1.807, 2.05) is 21.9 Å². The quantitative estimate of drug-likeness (QED) is 0.904. The number of piperidine rings is 1. The third-order valence-electron chi connectivity index (χ3n) is 4.87. The minimum absolute atomic E-state index is 0.00191. The van der Waals surface area contributed by atoms with Gasteiger partial charge in [0.1, 0.15) is 6.10 Å². The summed E-state index contributed by atoms with van der Waals surface area (Å²) in [7, 11) is 0. The standard InChI is InChI=1S/C17H23N5O2S/c1-12-8-21(10-16(24-12)13-4-7-25-11-13)17(23)15-9-22(20-19-15)14-2-5-18-6-3-14/h4,7,9,11-12,14,16,18H,2-3,5-6,8,10H2,1H3/t12-,16-/m1/s1. The van der Waals surface area contributed by atoms with Crippen molar-refractivity contribution >= 4 is 17.2 Å². The Morgan fingerprint density at radius 2 is 2.20 bits per heavy atom. The average molecular weight is 361 g/mol. The molecule has 7 nitrogen and oxygen atoms in total. The molecule has 4 rings (SSSR count). The van der Waals surface area contributed by atoms with Crippen LogP contribution in [0, 0.1) is 0 Å². The lowest BCUT2D eigenvalue weighted by Crippen LogP contribution is -2.46. The fraction of sp³-hybridized carbons (Fsp3) is 0.588. The molecule has 2 atom stereocenters. The van der Waals surface area contributed by atoms with E-state index < -0.39 is 0 Å². The highest BCUT2D eigenvalue weighted by molar-refractivity contribution is 7.07. The van der Waals surface area contributed by atoms with Gasteiger partial charge in [0.2, 0.25) is 0 Å². The van der Waals surface area contributed by atoms with Crippen LogP contribution in [-0.4, -0.2) is 58.1 Å². The molecule has 8 heteroatoms. The Labute approximate surface area is 151 Å². The molecule has 1 amide bonds. The maximum Gasteiger partial charge on any atom is 0.276 e. The zero-order valence-corrected chi connectivity index (χ0v) is 15.1. The van der Waals surface area contributed by atoms with E-state index >= 15 is 0 Å². The van der Waals surface area contributed by atoms with Crippen molar-refractivity contribution < 1.29 is 9.53 Å². The van der Waals surface area contributed by atoms with Gasteiger partial charge in [0.05, 0.1) is 24.9 Å². The highest BCUT2D eigenvalue weighted by Crippen LogP contribution is 2.27. The van der Waals surface area contributed by atoms with Gasteiger partial charge in [-0.15, -0.1) is 5.10 Å². The summed E-state index contributed by atoms with van der Waals surface area (Å²) in [6.07, 6.45) is 3.77. The number of carbonyl (C=O) groups is 1. The monoisotopic (exact) mass is 361 g/mol. The third-order valence-corrected chi connectivity index (χ3v) is 5.58. The van der Waals surface area contributed by atoms with E-state index in [2.05, 4.69) is 27.1 Å². The lowest BCUT2D eigenvalue weighted by molar-refractivity contribution is -0.0691. The number of hydrogen-bond acceptors (Lipinski definition) is 6. The van der Waals surface area contributed by atoms with Gasteiger partial charge in [-0.05, 0) is 55.2 Å². The van der Waals surface area contributed by atoms with Crippen LogP contribution < -0.4 is 5.32 Å². The van der Waals surface area contributed by atoms with Crippen LogP contribution >= 0.6 is 11.3 Å². The molecule has 0 unspecified atom stereocenters. The van der Waals surface area contributed by atoms with Crippen molar-refractivity contribution in [2.45, 2.75) is 38.0 Å². The summed E-state index contributed by atoms with van der Waals surface area (Å²) in [6, 6.07) is 2.39. The van der Waals surface area contributed by atoms with Crippen molar-refractivity contribution in [3.63, 3.8) is 0 Å². The predicted octanol–water partition coefficient (Wildman–Crippen LogP) is 1.87. The van der Waals surface area contributed by atoms with Crippen molar-refractivity contribution in [2.24, 2.45) is 0 Å². The number of thiophene rings is 1. The van der Waals surface area contributed by atoms with Gasteiger partial charge in [-0.25, -0.2) is 4.68 Å². The summed E-state index contributed by atoms with van der Waals surface area (Å²) >= 11 is 1.65. The first-order valence-corrected chi connectivity index (χ1v) is 9.74. The number of morpholine rings is 1. The van der Waals surface area contributed by atoms with Crippen molar-refractivity contribution in [3.05, 3.63) is 34.3 Å². The summed E-state index contributed by atoms with van der Waals surface area (Å²) in [4.78, 5) is 14.7. The van der Waals surface area contributed by atoms with E-state index in [0.29, 0.717) is 24.8 Å². The fourth-order valence-electron chi connectivity index (χ4n) is 3.55. The number of aromatic nitrogens is 3. The topological polar surface area (TPSA) is 72.3 Å². The Bertz CT molecular complexity index is 710. The number of amides is 1. The SMILES string of the molecule is C[C@@H]1CN(C(=O)c2cn(C3CCNCC3)nn2)C[C@H](c2ccsc2)O1. The van der Waals surface area contributed by atoms with Crippen LogP contribution in [0.3, 0.4) is 0 Å². The third kappa shape index (κ3) is 3.61. The summed E-state index contributed by atoms with van der Waals surface area (Å²) in [5, 5.41) is 15.8. The Kier molecular flexibility index (Phi) is 4.82. The van der Waals surface area contributed by atoms with Gasteiger partial charge in [0.25, 0.3) is 5.91 Å². The van der Waals surface area contributed by atoms with Crippen molar-refractivity contribution in [1.29, 1.82) is 0 Å². The van der Waals surface area contributed by atoms with Crippen molar-refractivity contribution in [2.75, 3.05) is 26.2 Å². The first kappa shape index (κ1) is 16.7. The number of rotatable bonds is 3. The van der Waals surface area contributed by atoms with Gasteiger partial charge in [0, 0.05) is 6.54 Å². The minimum Gasteiger partial charge on any atom is -0.367 e. The Morgan fingerprint density at radius 3 is 2.96 bits per heavy atom. The van der Waals surface area contributed by atoms with Crippen LogP contribution in [0.15, 0.2) is 23.0 Å². The van der Waals surface area contributed by atoms with E-state index in [-0.39, 0.29) is 18.1 Å². The molecule has 0 saturated carbocycles. The van der Waals surface area contributed by atoms with Gasteiger partial charge in [-0.1, -0.05) is 5.21 Å². The zero-order valence-electron chi connectivity index (χ0n) is 14.3. The number of nitrogens with zero attached hydrogens (tertiary/aromatic N) is 4. The Balaban J connectivity index is 1.47. The molecule has 0 spiro atoms. The molecule has 134 valence electrons.